The van der Waals surface area contributed by atoms with E-state index in [1.165, 1.54) is 17.0 Å². The van der Waals surface area contributed by atoms with Crippen LogP contribution in [0.25, 0.3) is 0 Å². The summed E-state index contributed by atoms with van der Waals surface area (Å²) in [5.74, 6) is -1.26. The van der Waals surface area contributed by atoms with Gasteiger partial charge in [0, 0.05) is 44.7 Å². The maximum Gasteiger partial charge on any atom is 0.240 e. The molecule has 2 aromatic rings. The zero-order valence-corrected chi connectivity index (χ0v) is 19.9. The van der Waals surface area contributed by atoms with Crippen LogP contribution in [0.15, 0.2) is 48.5 Å². The molecule has 180 valence electrons. The quantitative estimate of drug-likeness (QED) is 0.413. The van der Waals surface area contributed by atoms with E-state index < -0.39 is 11.3 Å². The van der Waals surface area contributed by atoms with Crippen molar-refractivity contribution < 1.29 is 23.5 Å². The molecule has 0 saturated carbocycles. The van der Waals surface area contributed by atoms with Gasteiger partial charge in [0.1, 0.15) is 5.82 Å². The van der Waals surface area contributed by atoms with Crippen LogP contribution in [0.2, 0.25) is 5.02 Å². The molecule has 2 saturated heterocycles. The first-order chi connectivity index (χ1) is 16.4. The van der Waals surface area contributed by atoms with Crippen molar-refractivity contribution >= 4 is 29.3 Å². The number of rotatable bonds is 8. The van der Waals surface area contributed by atoms with Crippen molar-refractivity contribution in [2.75, 3.05) is 26.8 Å². The second-order valence-electron chi connectivity index (χ2n) is 8.91. The highest BCUT2D eigenvalue weighted by molar-refractivity contribution is 6.32. The van der Waals surface area contributed by atoms with Crippen molar-refractivity contribution in [3.63, 3.8) is 0 Å². The molecule has 4 rings (SSSR count). The summed E-state index contributed by atoms with van der Waals surface area (Å²) >= 11 is 6.50. The van der Waals surface area contributed by atoms with Crippen LogP contribution in [-0.2, 0) is 24.5 Å². The Balaban J connectivity index is 1.65. The van der Waals surface area contributed by atoms with Gasteiger partial charge in [-0.25, -0.2) is 4.39 Å². The van der Waals surface area contributed by atoms with E-state index in [2.05, 4.69) is 0 Å². The molecule has 0 aromatic heterocycles. The fourth-order valence-corrected chi connectivity index (χ4v) is 5.46. The Morgan fingerprint density at radius 2 is 1.91 bits per heavy atom. The van der Waals surface area contributed by atoms with Crippen LogP contribution >= 0.6 is 11.6 Å². The molecule has 2 atom stereocenters. The topological polar surface area (TPSA) is 66.9 Å². The van der Waals surface area contributed by atoms with Gasteiger partial charge in [-0.3, -0.25) is 19.3 Å². The first-order valence-electron chi connectivity index (χ1n) is 11.5. The van der Waals surface area contributed by atoms with E-state index in [9.17, 15) is 18.8 Å². The number of carbonyl (C=O) groups is 3. The number of amides is 3. The van der Waals surface area contributed by atoms with E-state index in [0.717, 1.165) is 18.4 Å². The fourth-order valence-electron chi connectivity index (χ4n) is 5.14. The highest BCUT2D eigenvalue weighted by atomic mass is 35.5. The minimum atomic E-state index is -1.35. The number of hydrogen-bond acceptors (Lipinski definition) is 4. The van der Waals surface area contributed by atoms with E-state index in [0.29, 0.717) is 30.2 Å². The zero-order chi connectivity index (χ0) is 24.3. The van der Waals surface area contributed by atoms with Crippen molar-refractivity contribution in [2.45, 2.75) is 43.6 Å². The Kier molecular flexibility index (Phi) is 7.33. The van der Waals surface area contributed by atoms with Crippen molar-refractivity contribution in [3.05, 3.63) is 70.5 Å². The first-order valence-corrected chi connectivity index (χ1v) is 11.9. The number of benzene rings is 2. The Bertz CT molecular complexity index is 1080. The van der Waals surface area contributed by atoms with Crippen LogP contribution < -0.4 is 0 Å². The molecule has 3 amide bonds. The van der Waals surface area contributed by atoms with Crippen molar-refractivity contribution in [3.8, 4) is 0 Å². The predicted molar refractivity (Wildman–Crippen MR) is 126 cm³/mol. The van der Waals surface area contributed by atoms with Gasteiger partial charge in [-0.1, -0.05) is 41.9 Å². The summed E-state index contributed by atoms with van der Waals surface area (Å²) in [5, 5.41) is 0.353. The third kappa shape index (κ3) is 4.59. The Hall–Kier alpha value is -2.77. The summed E-state index contributed by atoms with van der Waals surface area (Å²) in [7, 11) is 1.56. The fraction of sp³-hybridized carbons (Fsp3) is 0.423. The molecule has 0 bridgehead atoms. The molecule has 34 heavy (non-hydrogen) atoms. The Labute approximate surface area is 203 Å². The third-order valence-electron chi connectivity index (χ3n) is 6.81. The van der Waals surface area contributed by atoms with Crippen molar-refractivity contribution in [2.24, 2.45) is 0 Å². The number of halogens is 2. The average Bonchev–Trinajstić information content (AvgIpc) is 3.40. The molecule has 2 aliphatic rings. The maximum atomic E-state index is 13.7. The lowest BCUT2D eigenvalue weighted by Crippen LogP contribution is -2.44. The molecule has 0 radical (unpaired) electrons. The zero-order valence-electron chi connectivity index (χ0n) is 19.1. The molecule has 2 fully saturated rings. The van der Waals surface area contributed by atoms with Gasteiger partial charge in [0.2, 0.25) is 17.7 Å². The predicted octanol–water partition coefficient (Wildman–Crippen LogP) is 4.27. The highest BCUT2D eigenvalue weighted by Gasteiger charge is 2.55. The number of nitrogens with zero attached hydrogens (tertiary/aromatic N) is 2. The van der Waals surface area contributed by atoms with Crippen LogP contribution in [0.4, 0.5) is 4.39 Å². The summed E-state index contributed by atoms with van der Waals surface area (Å²) in [6.07, 6.45) is 1.82. The molecule has 2 aliphatic heterocycles. The number of ether oxygens (including phenoxy) is 1. The average molecular weight is 487 g/mol. The third-order valence-corrected chi connectivity index (χ3v) is 7.14. The van der Waals surface area contributed by atoms with Crippen LogP contribution in [0, 0.1) is 5.82 Å². The second kappa shape index (κ2) is 10.2. The monoisotopic (exact) mass is 486 g/mol. The molecule has 0 aliphatic carbocycles. The molecule has 2 unspecified atom stereocenters. The van der Waals surface area contributed by atoms with Gasteiger partial charge in [0.05, 0.1) is 11.5 Å². The molecular formula is C26H28ClFN2O4. The molecule has 8 heteroatoms. The standard InChI is InChI=1S/C26H28ClFN2O4/c1-34-15-5-14-30-24(32)17-26(25(30)33,20-6-2-3-7-21(20)27)16-23(31)29-13-4-8-22(29)18-9-11-19(28)12-10-18/h2-3,6-7,9-12,22H,4-5,8,13-17H2,1H3. The summed E-state index contributed by atoms with van der Waals surface area (Å²) in [6.45, 7) is 1.19. The lowest BCUT2D eigenvalue weighted by molar-refractivity contribution is -0.143. The van der Waals surface area contributed by atoms with Gasteiger partial charge >= 0.3 is 0 Å². The molecule has 2 aromatic carbocycles. The summed E-state index contributed by atoms with van der Waals surface area (Å²) < 4.78 is 18.5. The van der Waals surface area contributed by atoms with Crippen LogP contribution in [0.5, 0.6) is 0 Å². The van der Waals surface area contributed by atoms with E-state index in [1.807, 2.05) is 0 Å². The molecule has 6 nitrogen and oxygen atoms in total. The molecule has 2 heterocycles. The maximum absolute atomic E-state index is 13.7. The van der Waals surface area contributed by atoms with Gasteiger partial charge in [0.15, 0.2) is 0 Å². The first kappa shape index (κ1) is 24.4. The van der Waals surface area contributed by atoms with Gasteiger partial charge in [-0.15, -0.1) is 0 Å². The highest BCUT2D eigenvalue weighted by Crippen LogP contribution is 2.44. The lowest BCUT2D eigenvalue weighted by atomic mass is 9.75. The largest absolute Gasteiger partial charge is 0.385 e. The van der Waals surface area contributed by atoms with Crippen molar-refractivity contribution in [1.29, 1.82) is 0 Å². The number of imide groups is 1. The Morgan fingerprint density at radius 3 is 2.62 bits per heavy atom. The molecule has 0 N–H and O–H groups in total. The SMILES string of the molecule is COCCCN1C(=O)CC(CC(=O)N2CCCC2c2ccc(F)cc2)(c2ccccc2Cl)C1=O. The molecular weight excluding hydrogens is 459 g/mol. The summed E-state index contributed by atoms with van der Waals surface area (Å²) in [5.41, 5.74) is -0.000560. The second-order valence-corrected chi connectivity index (χ2v) is 9.32. The van der Waals surface area contributed by atoms with Crippen LogP contribution in [0.1, 0.15) is 49.3 Å². The van der Waals surface area contributed by atoms with Gasteiger partial charge in [-0.05, 0) is 48.6 Å². The number of hydrogen-bond donors (Lipinski definition) is 0. The van der Waals surface area contributed by atoms with Crippen molar-refractivity contribution in [1.82, 2.24) is 9.80 Å². The van der Waals surface area contributed by atoms with Crippen LogP contribution in [-0.4, -0.2) is 54.3 Å². The molecule has 0 spiro atoms. The summed E-state index contributed by atoms with van der Waals surface area (Å²) in [4.78, 5) is 43.3. The Morgan fingerprint density at radius 1 is 1.18 bits per heavy atom. The number of methoxy groups -OCH3 is 1. The van der Waals surface area contributed by atoms with E-state index in [1.54, 1.807) is 48.4 Å². The normalized spacial score (nSPS) is 22.6. The smallest absolute Gasteiger partial charge is 0.240 e. The van der Waals surface area contributed by atoms with Gasteiger partial charge in [0.25, 0.3) is 0 Å². The van der Waals surface area contributed by atoms with Crippen LogP contribution in [0.3, 0.4) is 0 Å². The summed E-state index contributed by atoms with van der Waals surface area (Å²) in [6, 6.07) is 12.9. The van der Waals surface area contributed by atoms with Gasteiger partial charge < -0.3 is 9.64 Å². The van der Waals surface area contributed by atoms with E-state index in [-0.39, 0.29) is 43.1 Å². The minimum absolute atomic E-state index is 0.108. The minimum Gasteiger partial charge on any atom is -0.385 e. The van der Waals surface area contributed by atoms with E-state index >= 15 is 0 Å². The lowest BCUT2D eigenvalue weighted by Gasteiger charge is -2.32. The van der Waals surface area contributed by atoms with Gasteiger partial charge in [-0.2, -0.15) is 0 Å². The van der Waals surface area contributed by atoms with E-state index in [4.69, 9.17) is 16.3 Å². The number of likely N-dealkylation sites (tertiary alicyclic amines) is 2. The number of carbonyl (C=O) groups excluding carboxylic acids is 3.